The van der Waals surface area contributed by atoms with Gasteiger partial charge in [-0.15, -0.1) is 0 Å². The van der Waals surface area contributed by atoms with Crippen LogP contribution in [0.15, 0.2) is 0 Å². The van der Waals surface area contributed by atoms with Crippen molar-refractivity contribution in [2.45, 2.75) is 17.6 Å². The summed E-state index contributed by atoms with van der Waals surface area (Å²) < 4.78 is 60.8. The van der Waals surface area contributed by atoms with Crippen molar-refractivity contribution in [1.29, 1.82) is 0 Å². The van der Waals surface area contributed by atoms with Gasteiger partial charge in [0.25, 0.3) is 0 Å². The fourth-order valence-corrected chi connectivity index (χ4v) is 0.399. The summed E-state index contributed by atoms with van der Waals surface area (Å²) in [4.78, 5) is 0. The van der Waals surface area contributed by atoms with E-state index < -0.39 is 24.2 Å². The van der Waals surface area contributed by atoms with E-state index in [-0.39, 0.29) is 0 Å². The molecule has 0 fully saturated rings. The van der Waals surface area contributed by atoms with E-state index in [9.17, 15) is 22.0 Å². The zero-order valence-electron chi connectivity index (χ0n) is 5.04. The molecule has 0 rings (SSSR count). The summed E-state index contributed by atoms with van der Waals surface area (Å²) in [6.07, 6.45) is -7.22. The van der Waals surface area contributed by atoms with E-state index in [1.807, 2.05) is 0 Å². The Morgan fingerprint density at radius 2 is 1.73 bits per heavy atom. The van der Waals surface area contributed by atoms with Crippen LogP contribution in [0.25, 0.3) is 0 Å². The molecule has 1 nitrogen and oxygen atoms in total. The molecule has 0 radical (unpaired) electrons. The maximum Gasteiger partial charge on any atom is 0.411 e. The van der Waals surface area contributed by atoms with E-state index in [1.165, 1.54) is 0 Å². The van der Waals surface area contributed by atoms with Gasteiger partial charge in [0.2, 0.25) is 11.4 Å². The van der Waals surface area contributed by atoms with Crippen molar-refractivity contribution in [2.24, 2.45) is 0 Å². The third-order valence-corrected chi connectivity index (χ3v) is 1.02. The lowest BCUT2D eigenvalue weighted by Crippen LogP contribution is -2.24. The summed E-state index contributed by atoms with van der Waals surface area (Å²) in [6, 6.07) is 0. The van der Waals surface area contributed by atoms with Crippen LogP contribution in [0.1, 0.15) is 0 Å². The van der Waals surface area contributed by atoms with Gasteiger partial charge in [0.05, 0.1) is 0 Å². The maximum atomic E-state index is 11.9. The van der Waals surface area contributed by atoms with E-state index in [0.717, 1.165) is 0 Å². The Labute approximate surface area is 67.6 Å². The maximum absolute atomic E-state index is 11.9. The SMILES string of the molecule is FC(Br)C(F)OCC(F)(F)F. The Bertz CT molecular complexity index is 114. The van der Waals surface area contributed by atoms with Gasteiger partial charge in [-0.05, 0) is 15.9 Å². The summed E-state index contributed by atoms with van der Waals surface area (Å²) >= 11 is 2.07. The zero-order chi connectivity index (χ0) is 9.07. The fraction of sp³-hybridized carbons (Fsp3) is 1.00. The molecule has 0 aliphatic heterocycles. The molecule has 2 unspecified atom stereocenters. The minimum absolute atomic E-state index is 1.79. The van der Waals surface area contributed by atoms with Crippen LogP contribution in [-0.2, 0) is 4.74 Å². The van der Waals surface area contributed by atoms with Crippen molar-refractivity contribution in [2.75, 3.05) is 6.61 Å². The molecule has 0 aromatic heterocycles. The molecule has 0 aromatic carbocycles. The molecule has 68 valence electrons. The number of hydrogen-bond donors (Lipinski definition) is 0. The lowest BCUT2D eigenvalue weighted by Gasteiger charge is -2.11. The molecule has 0 aliphatic carbocycles. The van der Waals surface area contributed by atoms with Gasteiger partial charge < -0.3 is 4.74 Å². The smallest absolute Gasteiger partial charge is 0.336 e. The lowest BCUT2D eigenvalue weighted by atomic mass is 10.7. The first-order valence-corrected chi connectivity index (χ1v) is 3.35. The first kappa shape index (κ1) is 11.1. The molecule has 7 heteroatoms. The van der Waals surface area contributed by atoms with Gasteiger partial charge in [-0.2, -0.15) is 13.2 Å². The highest BCUT2D eigenvalue weighted by Gasteiger charge is 2.31. The number of alkyl halides is 6. The molecule has 0 aliphatic rings. The molecule has 0 N–H and O–H groups in total. The molecule has 11 heavy (non-hydrogen) atoms. The Morgan fingerprint density at radius 3 is 2.00 bits per heavy atom. The highest BCUT2D eigenvalue weighted by atomic mass is 79.9. The van der Waals surface area contributed by atoms with Crippen molar-refractivity contribution in [1.82, 2.24) is 0 Å². The van der Waals surface area contributed by atoms with Gasteiger partial charge in [0.15, 0.2) is 0 Å². The third-order valence-electron chi connectivity index (χ3n) is 0.604. The summed E-state index contributed by atoms with van der Waals surface area (Å²) in [5, 5.41) is -2.23. The van der Waals surface area contributed by atoms with Crippen molar-refractivity contribution in [3.8, 4) is 0 Å². The Hall–Kier alpha value is 0.0900. The van der Waals surface area contributed by atoms with Gasteiger partial charge in [0, 0.05) is 0 Å². The highest BCUT2D eigenvalue weighted by molar-refractivity contribution is 9.09. The number of halogens is 6. The second-order valence-corrected chi connectivity index (χ2v) is 2.49. The van der Waals surface area contributed by atoms with Crippen LogP contribution in [0, 0.1) is 0 Å². The molecule has 0 spiro atoms. The predicted octanol–water partition coefficient (Wildman–Crippen LogP) is 2.55. The largest absolute Gasteiger partial charge is 0.411 e. The minimum Gasteiger partial charge on any atom is -0.336 e. The minimum atomic E-state index is -4.63. The fourth-order valence-electron chi connectivity index (χ4n) is 0.247. The summed E-state index contributed by atoms with van der Waals surface area (Å²) in [6.45, 7) is -1.79. The van der Waals surface area contributed by atoms with Crippen LogP contribution in [0.5, 0.6) is 0 Å². The first-order valence-electron chi connectivity index (χ1n) is 2.43. The number of ether oxygens (including phenoxy) is 1. The van der Waals surface area contributed by atoms with Crippen LogP contribution in [0.2, 0.25) is 0 Å². The standard InChI is InChI=1S/C4H4BrF5O/c5-2(6)3(7)11-1-4(8,9)10/h2-3H,1H2. The zero-order valence-corrected chi connectivity index (χ0v) is 6.62. The topological polar surface area (TPSA) is 9.23 Å². The first-order chi connectivity index (χ1) is 4.83. The Balaban J connectivity index is 3.54. The van der Waals surface area contributed by atoms with Crippen molar-refractivity contribution in [3.63, 3.8) is 0 Å². The number of rotatable bonds is 3. The van der Waals surface area contributed by atoms with E-state index in [4.69, 9.17) is 0 Å². The Morgan fingerprint density at radius 1 is 1.27 bits per heavy atom. The van der Waals surface area contributed by atoms with E-state index in [1.54, 1.807) is 0 Å². The molecule has 0 heterocycles. The summed E-state index contributed by atoms with van der Waals surface area (Å²) in [5.74, 6) is 0. The van der Waals surface area contributed by atoms with Crippen molar-refractivity contribution < 1.29 is 26.7 Å². The second-order valence-electron chi connectivity index (χ2n) is 1.61. The van der Waals surface area contributed by atoms with Gasteiger partial charge >= 0.3 is 6.18 Å². The van der Waals surface area contributed by atoms with Crippen molar-refractivity contribution in [3.05, 3.63) is 0 Å². The van der Waals surface area contributed by atoms with Crippen LogP contribution >= 0.6 is 15.9 Å². The molecule has 0 saturated carbocycles. The monoisotopic (exact) mass is 242 g/mol. The van der Waals surface area contributed by atoms with Crippen LogP contribution in [0.3, 0.4) is 0 Å². The quantitative estimate of drug-likeness (QED) is 0.546. The average molecular weight is 243 g/mol. The van der Waals surface area contributed by atoms with E-state index in [0.29, 0.717) is 0 Å². The molecular formula is C4H4BrF5O. The van der Waals surface area contributed by atoms with Gasteiger partial charge in [-0.1, -0.05) is 0 Å². The highest BCUT2D eigenvalue weighted by Crippen LogP contribution is 2.19. The average Bonchev–Trinajstić information content (AvgIpc) is 1.80. The molecule has 2 atom stereocenters. The lowest BCUT2D eigenvalue weighted by molar-refractivity contribution is -0.205. The van der Waals surface area contributed by atoms with Gasteiger partial charge in [0.1, 0.15) is 6.61 Å². The molecular weight excluding hydrogens is 239 g/mol. The normalized spacial score (nSPS) is 18.0. The summed E-state index contributed by atoms with van der Waals surface area (Å²) in [7, 11) is 0. The van der Waals surface area contributed by atoms with E-state index in [2.05, 4.69) is 20.7 Å². The van der Waals surface area contributed by atoms with Crippen LogP contribution in [-0.4, -0.2) is 24.2 Å². The third kappa shape index (κ3) is 6.49. The molecule has 0 aromatic rings. The molecule has 0 saturated heterocycles. The molecule has 0 bridgehead atoms. The number of hydrogen-bond acceptors (Lipinski definition) is 1. The van der Waals surface area contributed by atoms with Crippen molar-refractivity contribution >= 4 is 15.9 Å². The van der Waals surface area contributed by atoms with Gasteiger partial charge in [-0.25, -0.2) is 8.78 Å². The molecule has 0 amide bonds. The van der Waals surface area contributed by atoms with Crippen LogP contribution < -0.4 is 0 Å². The predicted molar refractivity (Wildman–Crippen MR) is 30.7 cm³/mol. The van der Waals surface area contributed by atoms with Gasteiger partial charge in [-0.3, -0.25) is 0 Å². The van der Waals surface area contributed by atoms with E-state index >= 15 is 0 Å². The van der Waals surface area contributed by atoms with Crippen LogP contribution in [0.4, 0.5) is 22.0 Å². The summed E-state index contributed by atoms with van der Waals surface area (Å²) in [5.41, 5.74) is 0. The Kier molecular flexibility index (Phi) is 4.23. The second kappa shape index (κ2) is 4.20.